The standard InChI is InChI=1S/C13H10ClNO5/c14-7-1-3-10(16)9(5-7)12(17)15-6-8-2-4-11(20-8)13(18)19/h1-5,16H,6H2,(H,15,17)(H,18,19). The number of carbonyl (C=O) groups excluding carboxylic acids is 1. The van der Waals surface area contributed by atoms with Crippen LogP contribution in [0.25, 0.3) is 0 Å². The third kappa shape index (κ3) is 3.10. The summed E-state index contributed by atoms with van der Waals surface area (Å²) in [5, 5.41) is 21.1. The maximum Gasteiger partial charge on any atom is 0.371 e. The van der Waals surface area contributed by atoms with E-state index in [0.29, 0.717) is 5.02 Å². The first kappa shape index (κ1) is 14.0. The van der Waals surface area contributed by atoms with Crippen LogP contribution in [0.5, 0.6) is 5.75 Å². The van der Waals surface area contributed by atoms with Crippen molar-refractivity contribution in [3.63, 3.8) is 0 Å². The van der Waals surface area contributed by atoms with Crippen molar-refractivity contribution in [3.05, 3.63) is 52.4 Å². The summed E-state index contributed by atoms with van der Waals surface area (Å²) in [6, 6.07) is 6.84. The van der Waals surface area contributed by atoms with Crippen LogP contribution in [-0.4, -0.2) is 22.1 Å². The second kappa shape index (κ2) is 5.66. The maximum absolute atomic E-state index is 11.8. The quantitative estimate of drug-likeness (QED) is 0.803. The van der Waals surface area contributed by atoms with Crippen molar-refractivity contribution in [2.75, 3.05) is 0 Å². The van der Waals surface area contributed by atoms with Gasteiger partial charge in [-0.25, -0.2) is 4.79 Å². The first-order chi connectivity index (χ1) is 9.47. The van der Waals surface area contributed by atoms with Crippen molar-refractivity contribution in [2.24, 2.45) is 0 Å². The molecule has 0 unspecified atom stereocenters. The molecule has 104 valence electrons. The van der Waals surface area contributed by atoms with Gasteiger partial charge in [-0.2, -0.15) is 0 Å². The van der Waals surface area contributed by atoms with Gasteiger partial charge in [0, 0.05) is 5.02 Å². The van der Waals surface area contributed by atoms with Gasteiger partial charge in [0.15, 0.2) is 0 Å². The monoisotopic (exact) mass is 295 g/mol. The summed E-state index contributed by atoms with van der Waals surface area (Å²) in [5.41, 5.74) is 0.0301. The van der Waals surface area contributed by atoms with E-state index in [9.17, 15) is 14.7 Å². The molecule has 0 spiro atoms. The lowest BCUT2D eigenvalue weighted by Gasteiger charge is -2.05. The van der Waals surface area contributed by atoms with E-state index in [1.165, 1.54) is 30.3 Å². The molecule has 0 fully saturated rings. The fraction of sp³-hybridized carbons (Fsp3) is 0.0769. The Hall–Kier alpha value is -2.47. The molecule has 1 amide bonds. The highest BCUT2D eigenvalue weighted by Crippen LogP contribution is 2.21. The summed E-state index contributed by atoms with van der Waals surface area (Å²) in [6.45, 7) is -0.00192. The average Bonchev–Trinajstić information content (AvgIpc) is 2.88. The molecule has 0 atom stereocenters. The minimum absolute atomic E-state index is 0.00192. The third-order valence-electron chi connectivity index (χ3n) is 2.50. The van der Waals surface area contributed by atoms with Gasteiger partial charge in [-0.05, 0) is 30.3 Å². The summed E-state index contributed by atoms with van der Waals surface area (Å²) >= 11 is 5.74. The van der Waals surface area contributed by atoms with Crippen molar-refractivity contribution in [3.8, 4) is 5.75 Å². The molecule has 3 N–H and O–H groups in total. The Morgan fingerprint density at radius 3 is 2.65 bits per heavy atom. The highest BCUT2D eigenvalue weighted by molar-refractivity contribution is 6.31. The molecule has 1 aromatic carbocycles. The Bertz CT molecular complexity index is 665. The van der Waals surface area contributed by atoms with Crippen molar-refractivity contribution < 1.29 is 24.2 Å². The van der Waals surface area contributed by atoms with E-state index in [1.54, 1.807) is 0 Å². The molecule has 1 aromatic heterocycles. The summed E-state index contributed by atoms with van der Waals surface area (Å²) in [4.78, 5) is 22.5. The lowest BCUT2D eigenvalue weighted by atomic mass is 10.2. The second-order valence-electron chi connectivity index (χ2n) is 3.92. The molecule has 0 aliphatic heterocycles. The van der Waals surface area contributed by atoms with Crippen LogP contribution < -0.4 is 5.32 Å². The lowest BCUT2D eigenvalue weighted by Crippen LogP contribution is -2.22. The van der Waals surface area contributed by atoms with Gasteiger partial charge in [-0.1, -0.05) is 11.6 Å². The van der Waals surface area contributed by atoms with Crippen LogP contribution in [0.15, 0.2) is 34.7 Å². The number of phenolic OH excluding ortho intramolecular Hbond substituents is 1. The van der Waals surface area contributed by atoms with Crippen LogP contribution in [0.1, 0.15) is 26.7 Å². The predicted molar refractivity (Wildman–Crippen MR) is 70.0 cm³/mol. The van der Waals surface area contributed by atoms with Crippen LogP contribution in [0.2, 0.25) is 5.02 Å². The Kier molecular flexibility index (Phi) is 3.95. The van der Waals surface area contributed by atoms with Gasteiger partial charge in [-0.3, -0.25) is 4.79 Å². The molecule has 0 radical (unpaired) electrons. The van der Waals surface area contributed by atoms with Gasteiger partial charge < -0.3 is 19.9 Å². The molecular formula is C13H10ClNO5. The molecule has 0 saturated heterocycles. The first-order valence-electron chi connectivity index (χ1n) is 5.56. The number of carboxylic acid groups (broad SMARTS) is 1. The number of carbonyl (C=O) groups is 2. The van der Waals surface area contributed by atoms with Gasteiger partial charge >= 0.3 is 5.97 Å². The summed E-state index contributed by atoms with van der Waals surface area (Å²) in [6.07, 6.45) is 0. The normalized spacial score (nSPS) is 10.2. The number of phenols is 1. The van der Waals surface area contributed by atoms with E-state index < -0.39 is 11.9 Å². The molecule has 20 heavy (non-hydrogen) atoms. The minimum atomic E-state index is -1.19. The molecule has 2 aromatic rings. The van der Waals surface area contributed by atoms with E-state index >= 15 is 0 Å². The fourth-order valence-corrected chi connectivity index (χ4v) is 1.71. The maximum atomic E-state index is 11.8. The minimum Gasteiger partial charge on any atom is -0.507 e. The molecule has 1 heterocycles. The molecular weight excluding hydrogens is 286 g/mol. The van der Waals surface area contributed by atoms with Crippen LogP contribution in [0.3, 0.4) is 0 Å². The number of carboxylic acids is 1. The summed E-state index contributed by atoms with van der Waals surface area (Å²) in [5.74, 6) is -1.84. The van der Waals surface area contributed by atoms with Crippen LogP contribution in [-0.2, 0) is 6.54 Å². The molecule has 6 nitrogen and oxygen atoms in total. The number of halogens is 1. The van der Waals surface area contributed by atoms with Gasteiger partial charge in [0.1, 0.15) is 11.5 Å². The SMILES string of the molecule is O=C(O)c1ccc(CNC(=O)c2cc(Cl)ccc2O)o1. The zero-order valence-corrected chi connectivity index (χ0v) is 10.8. The van der Waals surface area contributed by atoms with E-state index in [0.717, 1.165) is 0 Å². The molecule has 2 rings (SSSR count). The first-order valence-corrected chi connectivity index (χ1v) is 5.94. The number of amides is 1. The van der Waals surface area contributed by atoms with Gasteiger partial charge in [0.2, 0.25) is 5.76 Å². The molecule has 0 aliphatic rings. The highest BCUT2D eigenvalue weighted by atomic mass is 35.5. The number of aromatic carboxylic acids is 1. The average molecular weight is 296 g/mol. The lowest BCUT2D eigenvalue weighted by molar-refractivity contribution is 0.0660. The number of hydrogen-bond donors (Lipinski definition) is 3. The fourth-order valence-electron chi connectivity index (χ4n) is 1.54. The number of rotatable bonds is 4. The number of hydrogen-bond acceptors (Lipinski definition) is 4. The molecule has 0 aliphatic carbocycles. The van der Waals surface area contributed by atoms with Gasteiger partial charge in [0.25, 0.3) is 5.91 Å². The van der Waals surface area contributed by atoms with Crippen molar-refractivity contribution in [1.29, 1.82) is 0 Å². The molecule has 0 bridgehead atoms. The number of aromatic hydroxyl groups is 1. The highest BCUT2D eigenvalue weighted by Gasteiger charge is 2.13. The summed E-state index contributed by atoms with van der Waals surface area (Å²) < 4.78 is 4.98. The second-order valence-corrected chi connectivity index (χ2v) is 4.35. The third-order valence-corrected chi connectivity index (χ3v) is 2.73. The van der Waals surface area contributed by atoms with Gasteiger partial charge in [0.05, 0.1) is 12.1 Å². The van der Waals surface area contributed by atoms with Crippen molar-refractivity contribution in [2.45, 2.75) is 6.54 Å². The molecule has 0 saturated carbocycles. The van der Waals surface area contributed by atoms with E-state index in [2.05, 4.69) is 5.32 Å². The number of benzene rings is 1. The Morgan fingerprint density at radius 2 is 2.00 bits per heavy atom. The predicted octanol–water partition coefficient (Wildman–Crippen LogP) is 2.27. The zero-order chi connectivity index (χ0) is 14.7. The Morgan fingerprint density at radius 1 is 1.25 bits per heavy atom. The number of nitrogens with one attached hydrogen (secondary N) is 1. The van der Waals surface area contributed by atoms with Crippen LogP contribution in [0.4, 0.5) is 0 Å². The molecule has 7 heteroatoms. The largest absolute Gasteiger partial charge is 0.507 e. The van der Waals surface area contributed by atoms with Crippen LogP contribution >= 0.6 is 11.6 Å². The Balaban J connectivity index is 2.04. The van der Waals surface area contributed by atoms with Crippen molar-refractivity contribution >= 4 is 23.5 Å². The summed E-state index contributed by atoms with van der Waals surface area (Å²) in [7, 11) is 0. The number of furan rings is 1. The topological polar surface area (TPSA) is 99.8 Å². The van der Waals surface area contributed by atoms with Gasteiger partial charge in [-0.15, -0.1) is 0 Å². The Labute approximate surface area is 118 Å². The van der Waals surface area contributed by atoms with E-state index in [1.807, 2.05) is 0 Å². The smallest absolute Gasteiger partial charge is 0.371 e. The van der Waals surface area contributed by atoms with Crippen molar-refractivity contribution in [1.82, 2.24) is 5.32 Å². The zero-order valence-electron chi connectivity index (χ0n) is 10.1. The van der Waals surface area contributed by atoms with E-state index in [4.69, 9.17) is 21.1 Å². The van der Waals surface area contributed by atoms with E-state index in [-0.39, 0.29) is 29.4 Å². The van der Waals surface area contributed by atoms with Crippen LogP contribution in [0, 0.1) is 0 Å².